The van der Waals surface area contributed by atoms with E-state index in [0.717, 1.165) is 0 Å². The van der Waals surface area contributed by atoms with E-state index >= 15 is 0 Å². The predicted octanol–water partition coefficient (Wildman–Crippen LogP) is 0.307. The van der Waals surface area contributed by atoms with Gasteiger partial charge in [0.1, 0.15) is 0 Å². The lowest BCUT2D eigenvalue weighted by Crippen LogP contribution is -2.41. The van der Waals surface area contributed by atoms with Gasteiger partial charge < -0.3 is 15.2 Å². The molecule has 1 amide bonds. The normalized spacial score (nSPS) is 24.0. The summed E-state index contributed by atoms with van der Waals surface area (Å²) in [5.74, 6) is -0.150. The monoisotopic (exact) mass is 159 g/mol. The average molecular weight is 159 g/mol. The summed E-state index contributed by atoms with van der Waals surface area (Å²) in [5, 5.41) is 10.6. The van der Waals surface area contributed by atoms with Crippen LogP contribution in [0.25, 0.3) is 0 Å². The molecule has 0 bridgehead atoms. The molecule has 11 heavy (non-hydrogen) atoms. The van der Waals surface area contributed by atoms with E-state index in [1.165, 1.54) is 0 Å². The molecule has 1 aliphatic rings. The van der Waals surface area contributed by atoms with Gasteiger partial charge >= 0.3 is 6.16 Å². The molecule has 2 N–H and O–H groups in total. The highest BCUT2D eigenvalue weighted by Crippen LogP contribution is 2.08. The summed E-state index contributed by atoms with van der Waals surface area (Å²) in [6.45, 7) is 0. The summed E-state index contributed by atoms with van der Waals surface area (Å²) < 4.78 is 4.35. The molecule has 1 heterocycles. The number of ether oxygens (including phenoxy) is 1. The molecule has 0 aliphatic carbocycles. The van der Waals surface area contributed by atoms with Gasteiger partial charge in [-0.25, -0.2) is 4.79 Å². The smallest absolute Gasteiger partial charge is 0.450 e. The van der Waals surface area contributed by atoms with E-state index in [1.807, 2.05) is 0 Å². The van der Waals surface area contributed by atoms with E-state index in [4.69, 9.17) is 5.11 Å². The topological polar surface area (TPSA) is 75.6 Å². The number of hydrogen-bond acceptors (Lipinski definition) is 3. The minimum absolute atomic E-state index is 0.150. The van der Waals surface area contributed by atoms with Crippen molar-refractivity contribution in [3.8, 4) is 0 Å². The standard InChI is InChI=1S/C6H9NO4/c8-4-2-1-3-5(7-4)11-6(9)10/h5H,1-3H2,(H,7,8)(H,9,10)/t5-/m1/s1. The van der Waals surface area contributed by atoms with Gasteiger partial charge in [-0.1, -0.05) is 0 Å². The van der Waals surface area contributed by atoms with Crippen LogP contribution in [0, 0.1) is 0 Å². The van der Waals surface area contributed by atoms with Crippen LogP contribution < -0.4 is 5.32 Å². The third kappa shape index (κ3) is 2.45. The predicted molar refractivity (Wildman–Crippen MR) is 34.9 cm³/mol. The first kappa shape index (κ1) is 7.84. The van der Waals surface area contributed by atoms with Crippen LogP contribution in [-0.2, 0) is 9.53 Å². The number of rotatable bonds is 1. The Morgan fingerprint density at radius 2 is 2.45 bits per heavy atom. The first-order valence-corrected chi connectivity index (χ1v) is 3.37. The van der Waals surface area contributed by atoms with Gasteiger partial charge in [-0.3, -0.25) is 4.79 Å². The minimum atomic E-state index is -1.35. The number of nitrogens with one attached hydrogen (secondary N) is 1. The fourth-order valence-electron chi connectivity index (χ4n) is 0.982. The van der Waals surface area contributed by atoms with Gasteiger partial charge in [0.25, 0.3) is 0 Å². The summed E-state index contributed by atoms with van der Waals surface area (Å²) >= 11 is 0. The summed E-state index contributed by atoms with van der Waals surface area (Å²) in [4.78, 5) is 20.7. The molecule has 0 radical (unpaired) electrons. The van der Waals surface area contributed by atoms with Crippen molar-refractivity contribution in [1.29, 1.82) is 0 Å². The number of carboxylic acid groups (broad SMARTS) is 1. The van der Waals surface area contributed by atoms with E-state index in [9.17, 15) is 9.59 Å². The van der Waals surface area contributed by atoms with Crippen LogP contribution in [0.4, 0.5) is 4.79 Å². The van der Waals surface area contributed by atoms with Crippen LogP contribution in [0.3, 0.4) is 0 Å². The van der Waals surface area contributed by atoms with Crippen LogP contribution >= 0.6 is 0 Å². The highest BCUT2D eigenvalue weighted by Gasteiger charge is 2.20. The molecule has 0 unspecified atom stereocenters. The lowest BCUT2D eigenvalue weighted by molar-refractivity contribution is -0.127. The van der Waals surface area contributed by atoms with Gasteiger partial charge in [0.15, 0.2) is 6.23 Å². The molecule has 1 aliphatic heterocycles. The first-order chi connectivity index (χ1) is 5.18. The summed E-state index contributed by atoms with van der Waals surface area (Å²) in [7, 11) is 0. The highest BCUT2D eigenvalue weighted by molar-refractivity contribution is 5.77. The van der Waals surface area contributed by atoms with Crippen LogP contribution in [0.1, 0.15) is 19.3 Å². The van der Waals surface area contributed by atoms with Crippen LogP contribution in [0.15, 0.2) is 0 Å². The molecule has 0 aromatic carbocycles. The van der Waals surface area contributed by atoms with Crippen molar-refractivity contribution in [3.05, 3.63) is 0 Å². The molecular formula is C6H9NO4. The Kier molecular flexibility index (Phi) is 2.30. The molecule has 1 saturated heterocycles. The van der Waals surface area contributed by atoms with Crippen molar-refractivity contribution in [2.24, 2.45) is 0 Å². The molecule has 0 aromatic heterocycles. The van der Waals surface area contributed by atoms with Crippen molar-refractivity contribution < 1.29 is 19.4 Å². The summed E-state index contributed by atoms with van der Waals surface area (Å²) in [5.41, 5.74) is 0. The molecule has 0 aromatic rings. The molecule has 1 atom stereocenters. The van der Waals surface area contributed by atoms with Gasteiger partial charge in [-0.15, -0.1) is 0 Å². The third-order valence-corrected chi connectivity index (χ3v) is 1.44. The molecular weight excluding hydrogens is 150 g/mol. The van der Waals surface area contributed by atoms with Crippen molar-refractivity contribution in [3.63, 3.8) is 0 Å². The van der Waals surface area contributed by atoms with E-state index in [0.29, 0.717) is 19.3 Å². The lowest BCUT2D eigenvalue weighted by atomic mass is 10.1. The maximum atomic E-state index is 10.7. The Hall–Kier alpha value is -1.26. The van der Waals surface area contributed by atoms with Gasteiger partial charge in [-0.05, 0) is 6.42 Å². The van der Waals surface area contributed by atoms with Gasteiger partial charge in [0.05, 0.1) is 0 Å². The van der Waals surface area contributed by atoms with E-state index in [-0.39, 0.29) is 5.91 Å². The molecule has 5 heteroatoms. The highest BCUT2D eigenvalue weighted by atomic mass is 16.7. The van der Waals surface area contributed by atoms with Crippen LogP contribution in [0.2, 0.25) is 0 Å². The summed E-state index contributed by atoms with van der Waals surface area (Å²) in [6.07, 6.45) is -0.285. The van der Waals surface area contributed by atoms with Crippen LogP contribution in [-0.4, -0.2) is 23.4 Å². The van der Waals surface area contributed by atoms with Crippen molar-refractivity contribution in [2.45, 2.75) is 25.5 Å². The Morgan fingerprint density at radius 1 is 1.73 bits per heavy atom. The number of carbonyl (C=O) groups excluding carboxylic acids is 1. The van der Waals surface area contributed by atoms with Gasteiger partial charge in [0, 0.05) is 12.8 Å². The van der Waals surface area contributed by atoms with E-state index < -0.39 is 12.4 Å². The zero-order chi connectivity index (χ0) is 8.27. The second-order valence-electron chi connectivity index (χ2n) is 2.33. The first-order valence-electron chi connectivity index (χ1n) is 3.37. The van der Waals surface area contributed by atoms with Gasteiger partial charge in [0.2, 0.25) is 5.91 Å². The Morgan fingerprint density at radius 3 is 3.00 bits per heavy atom. The fraction of sp³-hybridized carbons (Fsp3) is 0.667. The maximum Gasteiger partial charge on any atom is 0.507 e. The number of hydrogen-bond donors (Lipinski definition) is 2. The average Bonchev–Trinajstić information content (AvgIpc) is 1.85. The van der Waals surface area contributed by atoms with Crippen molar-refractivity contribution >= 4 is 12.1 Å². The molecule has 0 spiro atoms. The third-order valence-electron chi connectivity index (χ3n) is 1.44. The molecule has 1 rings (SSSR count). The Balaban J connectivity index is 2.34. The zero-order valence-corrected chi connectivity index (χ0v) is 5.87. The number of amides is 1. The number of piperidine rings is 1. The van der Waals surface area contributed by atoms with Crippen LogP contribution in [0.5, 0.6) is 0 Å². The minimum Gasteiger partial charge on any atom is -0.450 e. The Labute approximate surface area is 63.3 Å². The van der Waals surface area contributed by atoms with Crippen molar-refractivity contribution in [1.82, 2.24) is 5.32 Å². The summed E-state index contributed by atoms with van der Waals surface area (Å²) in [6, 6.07) is 0. The second kappa shape index (κ2) is 3.23. The fourth-order valence-corrected chi connectivity index (χ4v) is 0.982. The SMILES string of the molecule is O=C1CCC[C@@H](OC(=O)O)N1. The van der Waals surface area contributed by atoms with E-state index in [2.05, 4.69) is 10.1 Å². The Bertz CT molecular complexity index is 177. The van der Waals surface area contributed by atoms with E-state index in [1.54, 1.807) is 0 Å². The molecule has 5 nitrogen and oxygen atoms in total. The second-order valence-corrected chi connectivity index (χ2v) is 2.33. The largest absolute Gasteiger partial charge is 0.507 e. The maximum absolute atomic E-state index is 10.7. The quantitative estimate of drug-likeness (QED) is 0.540. The number of carbonyl (C=O) groups is 2. The van der Waals surface area contributed by atoms with Crippen molar-refractivity contribution in [2.75, 3.05) is 0 Å². The van der Waals surface area contributed by atoms with Gasteiger partial charge in [-0.2, -0.15) is 0 Å². The zero-order valence-electron chi connectivity index (χ0n) is 5.87. The molecule has 1 fully saturated rings. The lowest BCUT2D eigenvalue weighted by Gasteiger charge is -2.21. The molecule has 62 valence electrons. The molecule has 0 saturated carbocycles.